The van der Waals surface area contributed by atoms with E-state index in [4.69, 9.17) is 0 Å². The van der Waals surface area contributed by atoms with E-state index in [0.29, 0.717) is 5.69 Å². The van der Waals surface area contributed by atoms with Crippen LogP contribution < -0.4 is 5.32 Å². The summed E-state index contributed by atoms with van der Waals surface area (Å²) in [6.07, 6.45) is 1.57. The van der Waals surface area contributed by atoms with Crippen molar-refractivity contribution in [2.24, 2.45) is 0 Å². The molecule has 1 heterocycles. The highest BCUT2D eigenvalue weighted by atomic mass is 32.2. The van der Waals surface area contributed by atoms with Crippen molar-refractivity contribution in [2.75, 3.05) is 11.1 Å². The molecule has 2 rings (SSSR count). The minimum atomic E-state index is -0.280. The number of thioether (sulfide) groups is 1. The van der Waals surface area contributed by atoms with Crippen LogP contribution >= 0.6 is 11.8 Å². The number of H-pyrrole nitrogens is 1. The average Bonchev–Trinajstić information content (AvgIpc) is 2.74. The molecule has 0 aliphatic carbocycles. The third-order valence-corrected chi connectivity index (χ3v) is 3.30. The van der Waals surface area contributed by atoms with Crippen molar-refractivity contribution in [1.82, 2.24) is 10.2 Å². The van der Waals surface area contributed by atoms with Gasteiger partial charge in [0.1, 0.15) is 5.82 Å². The predicted octanol–water partition coefficient (Wildman–Crippen LogP) is 2.59. The largest absolute Gasteiger partial charge is 0.322 e. The Labute approximate surface area is 108 Å². The molecule has 2 N–H and O–H groups in total. The number of aromatic amines is 1. The third kappa shape index (κ3) is 3.33. The normalized spacial score (nSPS) is 10.3. The maximum absolute atomic E-state index is 12.7. The standard InChI is InChI=1S/C12H12FN3OS/c1-8-11(6-14-16-8)15-12(17)7-18-10-4-2-9(13)3-5-10/h2-6H,7H2,1H3,(H,14,16)(H,15,17). The van der Waals surface area contributed by atoms with Crippen LogP contribution in [-0.4, -0.2) is 21.9 Å². The van der Waals surface area contributed by atoms with Crippen LogP contribution in [0.2, 0.25) is 0 Å². The summed E-state index contributed by atoms with van der Waals surface area (Å²) in [7, 11) is 0. The molecule has 0 fully saturated rings. The van der Waals surface area contributed by atoms with Gasteiger partial charge in [0.05, 0.1) is 23.3 Å². The summed E-state index contributed by atoms with van der Waals surface area (Å²) < 4.78 is 12.7. The van der Waals surface area contributed by atoms with Gasteiger partial charge in [0.25, 0.3) is 0 Å². The second-order valence-corrected chi connectivity index (χ2v) is 4.75. The Morgan fingerprint density at radius 2 is 2.17 bits per heavy atom. The zero-order valence-corrected chi connectivity index (χ0v) is 10.6. The molecule has 4 nitrogen and oxygen atoms in total. The molecule has 1 amide bonds. The fourth-order valence-electron chi connectivity index (χ4n) is 1.34. The maximum atomic E-state index is 12.7. The molecule has 0 spiro atoms. The molecule has 94 valence electrons. The highest BCUT2D eigenvalue weighted by Crippen LogP contribution is 2.18. The van der Waals surface area contributed by atoms with Crippen LogP contribution in [0.1, 0.15) is 5.69 Å². The van der Waals surface area contributed by atoms with Gasteiger partial charge < -0.3 is 5.32 Å². The minimum Gasteiger partial charge on any atom is -0.322 e. The van der Waals surface area contributed by atoms with Gasteiger partial charge in [-0.2, -0.15) is 5.10 Å². The number of aromatic nitrogens is 2. The van der Waals surface area contributed by atoms with Crippen molar-refractivity contribution >= 4 is 23.4 Å². The number of nitrogens with zero attached hydrogens (tertiary/aromatic N) is 1. The molecular weight excluding hydrogens is 253 g/mol. The lowest BCUT2D eigenvalue weighted by Gasteiger charge is -2.03. The summed E-state index contributed by atoms with van der Waals surface area (Å²) in [5, 5.41) is 9.30. The highest BCUT2D eigenvalue weighted by Gasteiger charge is 2.06. The van der Waals surface area contributed by atoms with Crippen molar-refractivity contribution < 1.29 is 9.18 Å². The lowest BCUT2D eigenvalue weighted by molar-refractivity contribution is -0.113. The van der Waals surface area contributed by atoms with Crippen LogP contribution in [-0.2, 0) is 4.79 Å². The number of carbonyl (C=O) groups excluding carboxylic acids is 1. The van der Waals surface area contributed by atoms with E-state index in [1.807, 2.05) is 6.92 Å². The molecule has 0 bridgehead atoms. The molecule has 1 aromatic heterocycles. The van der Waals surface area contributed by atoms with E-state index in [-0.39, 0.29) is 17.5 Å². The number of amides is 1. The Kier molecular flexibility index (Phi) is 3.99. The summed E-state index contributed by atoms with van der Waals surface area (Å²) in [6.45, 7) is 1.83. The number of hydrogen-bond donors (Lipinski definition) is 2. The van der Waals surface area contributed by atoms with Gasteiger partial charge in [-0.3, -0.25) is 9.89 Å². The van der Waals surface area contributed by atoms with Crippen molar-refractivity contribution in [3.8, 4) is 0 Å². The first kappa shape index (κ1) is 12.6. The molecule has 6 heteroatoms. The van der Waals surface area contributed by atoms with Gasteiger partial charge in [-0.15, -0.1) is 11.8 Å². The van der Waals surface area contributed by atoms with E-state index in [2.05, 4.69) is 15.5 Å². The molecule has 0 aliphatic rings. The number of carbonyl (C=O) groups is 1. The zero-order valence-electron chi connectivity index (χ0n) is 9.74. The van der Waals surface area contributed by atoms with Crippen LogP contribution in [0.5, 0.6) is 0 Å². The van der Waals surface area contributed by atoms with Gasteiger partial charge in [-0.25, -0.2) is 4.39 Å². The number of hydrogen-bond acceptors (Lipinski definition) is 3. The quantitative estimate of drug-likeness (QED) is 0.835. The predicted molar refractivity (Wildman–Crippen MR) is 69.1 cm³/mol. The van der Waals surface area contributed by atoms with Crippen LogP contribution in [0.15, 0.2) is 35.4 Å². The summed E-state index contributed by atoms with van der Waals surface area (Å²) in [4.78, 5) is 12.5. The van der Waals surface area contributed by atoms with E-state index >= 15 is 0 Å². The highest BCUT2D eigenvalue weighted by molar-refractivity contribution is 8.00. The van der Waals surface area contributed by atoms with Crippen LogP contribution in [0, 0.1) is 12.7 Å². The molecule has 18 heavy (non-hydrogen) atoms. The second-order valence-electron chi connectivity index (χ2n) is 3.70. The Morgan fingerprint density at radius 3 is 2.78 bits per heavy atom. The Balaban J connectivity index is 1.85. The summed E-state index contributed by atoms with van der Waals surface area (Å²) in [5.41, 5.74) is 1.50. The van der Waals surface area contributed by atoms with E-state index in [1.54, 1.807) is 18.3 Å². The first-order valence-corrected chi connectivity index (χ1v) is 6.32. The molecule has 0 saturated carbocycles. The molecule has 0 unspecified atom stereocenters. The fourth-order valence-corrected chi connectivity index (χ4v) is 2.04. The van der Waals surface area contributed by atoms with Crippen LogP contribution in [0.25, 0.3) is 0 Å². The number of aryl methyl sites for hydroxylation is 1. The SMILES string of the molecule is Cc1[nH]ncc1NC(=O)CSc1ccc(F)cc1. The molecule has 2 aromatic rings. The lowest BCUT2D eigenvalue weighted by atomic mass is 10.4. The van der Waals surface area contributed by atoms with Gasteiger partial charge in [0.2, 0.25) is 5.91 Å². The molecule has 0 radical (unpaired) electrons. The van der Waals surface area contributed by atoms with E-state index < -0.39 is 0 Å². The van der Waals surface area contributed by atoms with Crippen LogP contribution in [0.4, 0.5) is 10.1 Å². The van der Waals surface area contributed by atoms with Gasteiger partial charge in [0, 0.05) is 4.90 Å². The van der Waals surface area contributed by atoms with E-state index in [0.717, 1.165) is 10.6 Å². The topological polar surface area (TPSA) is 57.8 Å². The average molecular weight is 265 g/mol. The number of rotatable bonds is 4. The Morgan fingerprint density at radius 1 is 1.44 bits per heavy atom. The van der Waals surface area contributed by atoms with E-state index in [1.165, 1.54) is 23.9 Å². The monoisotopic (exact) mass is 265 g/mol. The number of nitrogens with one attached hydrogen (secondary N) is 2. The van der Waals surface area contributed by atoms with Crippen molar-refractivity contribution in [3.05, 3.63) is 42.0 Å². The lowest BCUT2D eigenvalue weighted by Crippen LogP contribution is -2.14. The van der Waals surface area contributed by atoms with E-state index in [9.17, 15) is 9.18 Å². The summed E-state index contributed by atoms with van der Waals surface area (Å²) in [5.74, 6) is -0.123. The van der Waals surface area contributed by atoms with Crippen molar-refractivity contribution in [3.63, 3.8) is 0 Å². The summed E-state index contributed by atoms with van der Waals surface area (Å²) >= 11 is 1.36. The van der Waals surface area contributed by atoms with Crippen LogP contribution in [0.3, 0.4) is 0 Å². The molecule has 1 aromatic carbocycles. The first-order valence-electron chi connectivity index (χ1n) is 5.33. The third-order valence-electron chi connectivity index (χ3n) is 2.29. The van der Waals surface area contributed by atoms with Crippen molar-refractivity contribution in [2.45, 2.75) is 11.8 Å². The van der Waals surface area contributed by atoms with Gasteiger partial charge in [-0.1, -0.05) is 0 Å². The smallest absolute Gasteiger partial charge is 0.234 e. The minimum absolute atomic E-state index is 0.117. The maximum Gasteiger partial charge on any atom is 0.234 e. The van der Waals surface area contributed by atoms with Gasteiger partial charge in [0.15, 0.2) is 0 Å². The number of halogens is 1. The van der Waals surface area contributed by atoms with Crippen molar-refractivity contribution in [1.29, 1.82) is 0 Å². The molecule has 0 atom stereocenters. The zero-order chi connectivity index (χ0) is 13.0. The number of benzene rings is 1. The second kappa shape index (κ2) is 5.68. The first-order chi connectivity index (χ1) is 8.65. The Hall–Kier alpha value is -1.82. The fraction of sp³-hybridized carbons (Fsp3) is 0.167. The molecule has 0 aliphatic heterocycles. The van der Waals surface area contributed by atoms with Gasteiger partial charge in [-0.05, 0) is 31.2 Å². The Bertz CT molecular complexity index is 539. The number of anilines is 1. The van der Waals surface area contributed by atoms with Gasteiger partial charge >= 0.3 is 0 Å². The molecular formula is C12H12FN3OS. The summed E-state index contributed by atoms with van der Waals surface area (Å²) in [6, 6.07) is 6.05. The molecule has 0 saturated heterocycles.